The number of nitriles is 1. The predicted octanol–water partition coefficient (Wildman–Crippen LogP) is 1.19. The van der Waals surface area contributed by atoms with Gasteiger partial charge in [0.1, 0.15) is 5.54 Å². The zero-order chi connectivity index (χ0) is 17.0. The number of morpholine rings is 1. The Morgan fingerprint density at radius 2 is 2.08 bits per heavy atom. The average molecular weight is 335 g/mol. The SMILES string of the molecule is N#CC1(NC(=O)CN2CCOC[C@@H]2[C@H]2CCC[C@@H]2O)CCCCC1. The Kier molecular flexibility index (Phi) is 5.75. The van der Waals surface area contributed by atoms with E-state index in [2.05, 4.69) is 16.3 Å². The number of nitrogens with one attached hydrogen (secondary N) is 1. The van der Waals surface area contributed by atoms with E-state index in [4.69, 9.17) is 4.74 Å². The minimum atomic E-state index is -0.677. The molecule has 6 heteroatoms. The monoisotopic (exact) mass is 335 g/mol. The maximum Gasteiger partial charge on any atom is 0.235 e. The Morgan fingerprint density at radius 1 is 1.29 bits per heavy atom. The third kappa shape index (κ3) is 3.90. The van der Waals surface area contributed by atoms with Gasteiger partial charge in [0.05, 0.1) is 31.9 Å². The van der Waals surface area contributed by atoms with E-state index in [1.807, 2.05) is 0 Å². The minimum absolute atomic E-state index is 0.0714. The van der Waals surface area contributed by atoms with E-state index in [1.165, 1.54) is 0 Å². The van der Waals surface area contributed by atoms with Crippen LogP contribution in [0.3, 0.4) is 0 Å². The third-order valence-electron chi connectivity index (χ3n) is 5.95. The van der Waals surface area contributed by atoms with Crippen molar-refractivity contribution in [2.45, 2.75) is 69.1 Å². The van der Waals surface area contributed by atoms with Gasteiger partial charge in [-0.25, -0.2) is 0 Å². The van der Waals surface area contributed by atoms with Gasteiger partial charge in [-0.2, -0.15) is 5.26 Å². The Labute approximate surface area is 144 Å². The molecule has 0 radical (unpaired) electrons. The molecule has 2 aliphatic carbocycles. The van der Waals surface area contributed by atoms with Crippen LogP contribution in [0, 0.1) is 17.2 Å². The van der Waals surface area contributed by atoms with Crippen LogP contribution in [0.1, 0.15) is 51.4 Å². The number of nitrogens with zero attached hydrogens (tertiary/aromatic N) is 2. The Bertz CT molecular complexity index is 484. The first-order chi connectivity index (χ1) is 11.6. The summed E-state index contributed by atoms with van der Waals surface area (Å²) in [6, 6.07) is 2.45. The molecule has 0 spiro atoms. The highest BCUT2D eigenvalue weighted by molar-refractivity contribution is 5.79. The van der Waals surface area contributed by atoms with Crippen molar-refractivity contribution in [1.29, 1.82) is 5.26 Å². The maximum absolute atomic E-state index is 12.6. The molecule has 0 unspecified atom stereocenters. The number of carbonyl (C=O) groups excluding carboxylic acids is 1. The first-order valence-corrected chi connectivity index (χ1v) is 9.36. The van der Waals surface area contributed by atoms with Crippen LogP contribution in [0.15, 0.2) is 0 Å². The Hall–Kier alpha value is -1.16. The van der Waals surface area contributed by atoms with Gasteiger partial charge in [0.15, 0.2) is 0 Å². The van der Waals surface area contributed by atoms with Crippen LogP contribution in [0.4, 0.5) is 0 Å². The van der Waals surface area contributed by atoms with E-state index in [1.54, 1.807) is 0 Å². The van der Waals surface area contributed by atoms with Crippen molar-refractivity contribution in [3.63, 3.8) is 0 Å². The number of aliphatic hydroxyl groups excluding tert-OH is 1. The summed E-state index contributed by atoms with van der Waals surface area (Å²) in [6.45, 7) is 2.20. The van der Waals surface area contributed by atoms with E-state index in [0.29, 0.717) is 26.3 Å². The van der Waals surface area contributed by atoms with Gasteiger partial charge in [-0.15, -0.1) is 0 Å². The molecule has 1 amide bonds. The molecule has 1 saturated heterocycles. The van der Waals surface area contributed by atoms with Crippen LogP contribution in [-0.2, 0) is 9.53 Å². The van der Waals surface area contributed by atoms with E-state index in [0.717, 1.165) is 51.4 Å². The van der Waals surface area contributed by atoms with Crippen molar-refractivity contribution in [1.82, 2.24) is 10.2 Å². The second kappa shape index (κ2) is 7.81. The summed E-state index contributed by atoms with van der Waals surface area (Å²) < 4.78 is 5.61. The third-order valence-corrected chi connectivity index (χ3v) is 5.95. The second-order valence-corrected chi connectivity index (χ2v) is 7.58. The fraction of sp³-hybridized carbons (Fsp3) is 0.889. The highest BCUT2D eigenvalue weighted by Crippen LogP contribution is 2.32. The second-order valence-electron chi connectivity index (χ2n) is 7.58. The van der Waals surface area contributed by atoms with Gasteiger partial charge >= 0.3 is 0 Å². The number of hydrogen-bond donors (Lipinski definition) is 2. The first-order valence-electron chi connectivity index (χ1n) is 9.36. The van der Waals surface area contributed by atoms with E-state index >= 15 is 0 Å². The first kappa shape index (κ1) is 17.7. The molecule has 24 heavy (non-hydrogen) atoms. The number of aliphatic hydroxyl groups is 1. The fourth-order valence-electron chi connectivity index (χ4n) is 4.58. The highest BCUT2D eigenvalue weighted by Gasteiger charge is 2.39. The van der Waals surface area contributed by atoms with Gasteiger partial charge < -0.3 is 15.2 Å². The minimum Gasteiger partial charge on any atom is -0.393 e. The van der Waals surface area contributed by atoms with Crippen molar-refractivity contribution < 1.29 is 14.6 Å². The maximum atomic E-state index is 12.6. The smallest absolute Gasteiger partial charge is 0.235 e. The van der Waals surface area contributed by atoms with Gasteiger partial charge in [0.25, 0.3) is 0 Å². The lowest BCUT2D eigenvalue weighted by atomic mass is 9.83. The lowest BCUT2D eigenvalue weighted by Gasteiger charge is -2.40. The standard InChI is InChI=1S/C18H29N3O3/c19-13-18(7-2-1-3-8-18)20-17(23)11-21-9-10-24-12-15(21)14-5-4-6-16(14)22/h14-16,22H,1-12H2,(H,20,23)/t14-,15-,16+/m1/s1. The molecule has 3 fully saturated rings. The number of hydrogen-bond acceptors (Lipinski definition) is 5. The van der Waals surface area contributed by atoms with Crippen LogP contribution in [0.5, 0.6) is 0 Å². The van der Waals surface area contributed by atoms with Gasteiger partial charge in [-0.1, -0.05) is 25.7 Å². The van der Waals surface area contributed by atoms with Crippen LogP contribution in [-0.4, -0.2) is 59.9 Å². The fourth-order valence-corrected chi connectivity index (χ4v) is 4.58. The van der Waals surface area contributed by atoms with Crippen LogP contribution < -0.4 is 5.32 Å². The Balaban J connectivity index is 1.60. The molecule has 3 atom stereocenters. The molecule has 3 aliphatic rings. The normalized spacial score (nSPS) is 33.8. The van der Waals surface area contributed by atoms with Crippen LogP contribution in [0.2, 0.25) is 0 Å². The average Bonchev–Trinajstić information content (AvgIpc) is 3.02. The topological polar surface area (TPSA) is 85.6 Å². The van der Waals surface area contributed by atoms with E-state index in [-0.39, 0.29) is 24.0 Å². The van der Waals surface area contributed by atoms with Crippen molar-refractivity contribution in [2.24, 2.45) is 5.92 Å². The van der Waals surface area contributed by atoms with E-state index < -0.39 is 5.54 Å². The zero-order valence-corrected chi connectivity index (χ0v) is 14.4. The van der Waals surface area contributed by atoms with Gasteiger partial charge in [0, 0.05) is 18.5 Å². The summed E-state index contributed by atoms with van der Waals surface area (Å²) in [7, 11) is 0. The molecule has 0 aromatic rings. The highest BCUT2D eigenvalue weighted by atomic mass is 16.5. The van der Waals surface area contributed by atoms with Gasteiger partial charge in [-0.05, 0) is 25.7 Å². The molecular weight excluding hydrogens is 306 g/mol. The van der Waals surface area contributed by atoms with Crippen molar-refractivity contribution in [3.8, 4) is 6.07 Å². The summed E-state index contributed by atoms with van der Waals surface area (Å²) in [4.78, 5) is 14.7. The number of ether oxygens (including phenoxy) is 1. The lowest BCUT2D eigenvalue weighted by molar-refractivity contribution is -0.128. The molecule has 2 N–H and O–H groups in total. The molecule has 0 aromatic carbocycles. The zero-order valence-electron chi connectivity index (χ0n) is 14.4. The van der Waals surface area contributed by atoms with Gasteiger partial charge in [-0.3, -0.25) is 9.69 Å². The van der Waals surface area contributed by atoms with Crippen molar-refractivity contribution in [3.05, 3.63) is 0 Å². The number of carbonyl (C=O) groups is 1. The number of rotatable bonds is 4. The quantitative estimate of drug-likeness (QED) is 0.806. The summed E-state index contributed by atoms with van der Waals surface area (Å²) in [5.74, 6) is 0.121. The molecule has 3 rings (SSSR count). The van der Waals surface area contributed by atoms with E-state index in [9.17, 15) is 15.2 Å². The summed E-state index contributed by atoms with van der Waals surface area (Å²) in [6.07, 6.45) is 7.25. The molecule has 1 aliphatic heterocycles. The molecule has 6 nitrogen and oxygen atoms in total. The summed E-state index contributed by atoms with van der Waals surface area (Å²) in [5.41, 5.74) is -0.677. The molecular formula is C18H29N3O3. The van der Waals surface area contributed by atoms with Crippen molar-refractivity contribution >= 4 is 5.91 Å². The molecule has 134 valence electrons. The lowest BCUT2D eigenvalue weighted by Crippen LogP contribution is -2.57. The molecule has 2 saturated carbocycles. The Morgan fingerprint density at radius 3 is 2.75 bits per heavy atom. The predicted molar refractivity (Wildman–Crippen MR) is 89.1 cm³/mol. The summed E-state index contributed by atoms with van der Waals surface area (Å²) in [5, 5.41) is 22.7. The van der Waals surface area contributed by atoms with Crippen molar-refractivity contribution in [2.75, 3.05) is 26.3 Å². The molecule has 0 bridgehead atoms. The van der Waals surface area contributed by atoms with Crippen LogP contribution in [0.25, 0.3) is 0 Å². The number of amides is 1. The van der Waals surface area contributed by atoms with Gasteiger partial charge in [0.2, 0.25) is 5.91 Å². The van der Waals surface area contributed by atoms with Crippen LogP contribution >= 0.6 is 0 Å². The molecule has 1 heterocycles. The largest absolute Gasteiger partial charge is 0.393 e. The molecule has 0 aromatic heterocycles. The summed E-state index contributed by atoms with van der Waals surface area (Å²) >= 11 is 0.